The number of ether oxygens (including phenoxy) is 3. The summed E-state index contributed by atoms with van der Waals surface area (Å²) in [6.45, 7) is 6.90. The number of hydrogen-bond acceptors (Lipinski definition) is 8. The Labute approximate surface area is 210 Å². The Kier molecular flexibility index (Phi) is 6.83. The number of nitrogens with zero attached hydrogens (tertiary/aromatic N) is 4. The molecule has 1 atom stereocenters. The van der Waals surface area contributed by atoms with Gasteiger partial charge in [-0.3, -0.25) is 0 Å². The van der Waals surface area contributed by atoms with Gasteiger partial charge in [0.2, 0.25) is 5.95 Å². The highest BCUT2D eigenvalue weighted by Gasteiger charge is 2.31. The lowest BCUT2D eigenvalue weighted by Crippen LogP contribution is -2.36. The zero-order valence-corrected chi connectivity index (χ0v) is 21.0. The van der Waals surface area contributed by atoms with Gasteiger partial charge in [0.1, 0.15) is 22.5 Å². The van der Waals surface area contributed by atoms with E-state index >= 15 is 0 Å². The maximum Gasteiger partial charge on any atom is 0.230 e. The van der Waals surface area contributed by atoms with E-state index in [2.05, 4.69) is 45.2 Å². The third kappa shape index (κ3) is 4.94. The van der Waals surface area contributed by atoms with Crippen molar-refractivity contribution >= 4 is 34.7 Å². The van der Waals surface area contributed by atoms with Gasteiger partial charge in [-0.15, -0.1) is 0 Å². The van der Waals surface area contributed by atoms with Crippen molar-refractivity contribution in [2.45, 2.75) is 19.4 Å². The second-order valence-electron chi connectivity index (χ2n) is 8.81. The highest BCUT2D eigenvalue weighted by Crippen LogP contribution is 2.41. The molecule has 2 aromatic carbocycles. The number of anilines is 4. The smallest absolute Gasteiger partial charge is 0.230 e. The summed E-state index contributed by atoms with van der Waals surface area (Å²) in [5, 5.41) is 3.80. The fourth-order valence-corrected chi connectivity index (χ4v) is 5.02. The molecule has 0 saturated carbocycles. The van der Waals surface area contributed by atoms with Crippen LogP contribution in [0.25, 0.3) is 0 Å². The molecule has 0 spiro atoms. The summed E-state index contributed by atoms with van der Waals surface area (Å²) in [4.78, 5) is 14.0. The van der Waals surface area contributed by atoms with Gasteiger partial charge in [-0.1, -0.05) is 30.7 Å². The van der Waals surface area contributed by atoms with Crippen molar-refractivity contribution in [2.75, 3.05) is 62.2 Å². The third-order valence-electron chi connectivity index (χ3n) is 6.51. The molecule has 9 heteroatoms. The molecule has 2 aliphatic rings. The molecule has 0 aliphatic carbocycles. The van der Waals surface area contributed by atoms with Crippen LogP contribution in [0.1, 0.15) is 24.0 Å². The van der Waals surface area contributed by atoms with Crippen LogP contribution in [0.15, 0.2) is 42.5 Å². The van der Waals surface area contributed by atoms with Gasteiger partial charge in [0.25, 0.3) is 0 Å². The van der Waals surface area contributed by atoms with Crippen LogP contribution in [0.3, 0.4) is 0 Å². The fraction of sp³-hybridized carbons (Fsp3) is 0.385. The van der Waals surface area contributed by atoms with Crippen molar-refractivity contribution < 1.29 is 14.2 Å². The van der Waals surface area contributed by atoms with Crippen LogP contribution in [0.5, 0.6) is 11.5 Å². The molecule has 1 N–H and O–H groups in total. The summed E-state index contributed by atoms with van der Waals surface area (Å²) in [6.07, 6.45) is 0. The summed E-state index contributed by atoms with van der Waals surface area (Å²) in [7, 11) is 3.34. The fourth-order valence-electron chi connectivity index (χ4n) is 4.67. The van der Waals surface area contributed by atoms with Crippen LogP contribution < -0.4 is 24.6 Å². The lowest BCUT2D eigenvalue weighted by Gasteiger charge is -2.29. The quantitative estimate of drug-likeness (QED) is 0.466. The summed E-state index contributed by atoms with van der Waals surface area (Å²) in [5.74, 6) is 3.11. The van der Waals surface area contributed by atoms with E-state index in [1.54, 1.807) is 14.2 Å². The number of halogens is 1. The molecule has 1 fully saturated rings. The third-order valence-corrected chi connectivity index (χ3v) is 6.79. The molecule has 3 aromatic rings. The van der Waals surface area contributed by atoms with Crippen LogP contribution in [-0.2, 0) is 11.3 Å². The predicted octanol–water partition coefficient (Wildman–Crippen LogP) is 4.85. The standard InChI is InChI=1S/C26H30ClN5O3/c1-17-15-32(16-18-4-7-20(33-2)8-5-18)25-23(17)24(27)29-26(30-25)28-21-9-6-19(14-22(21)34-3)31-10-12-35-13-11-31/h4-9,14,17H,10-13,15-16H2,1-3H3,(H,28,29,30). The van der Waals surface area contributed by atoms with Crippen LogP contribution in [0.2, 0.25) is 5.15 Å². The Morgan fingerprint density at radius 3 is 2.54 bits per heavy atom. The Morgan fingerprint density at radius 2 is 1.83 bits per heavy atom. The van der Waals surface area contributed by atoms with E-state index in [0.29, 0.717) is 11.1 Å². The molecule has 2 aliphatic heterocycles. The SMILES string of the molecule is COc1ccc(CN2CC(C)c3c(Cl)nc(Nc4ccc(N5CCOCC5)cc4OC)nc32)cc1. The number of methoxy groups -OCH3 is 2. The molecular formula is C26H30ClN5O3. The van der Waals surface area contributed by atoms with Gasteiger partial charge >= 0.3 is 0 Å². The van der Waals surface area contributed by atoms with E-state index in [-0.39, 0.29) is 5.92 Å². The maximum absolute atomic E-state index is 6.66. The number of benzene rings is 2. The molecule has 0 bridgehead atoms. The zero-order valence-electron chi connectivity index (χ0n) is 20.3. The number of nitrogens with one attached hydrogen (secondary N) is 1. The van der Waals surface area contributed by atoms with E-state index in [4.69, 9.17) is 30.8 Å². The maximum atomic E-state index is 6.66. The van der Waals surface area contributed by atoms with Gasteiger partial charge in [0.05, 0.1) is 33.1 Å². The lowest BCUT2D eigenvalue weighted by molar-refractivity contribution is 0.122. The van der Waals surface area contributed by atoms with Crippen molar-refractivity contribution in [1.82, 2.24) is 9.97 Å². The topological polar surface area (TPSA) is 72.0 Å². The summed E-state index contributed by atoms with van der Waals surface area (Å²) >= 11 is 6.66. The largest absolute Gasteiger partial charge is 0.497 e. The molecule has 1 unspecified atom stereocenters. The molecule has 5 rings (SSSR count). The number of aromatic nitrogens is 2. The van der Waals surface area contributed by atoms with Gasteiger partial charge in [-0.2, -0.15) is 4.98 Å². The summed E-state index contributed by atoms with van der Waals surface area (Å²) < 4.78 is 16.4. The number of rotatable bonds is 7. The average Bonchev–Trinajstić information content (AvgIpc) is 3.20. The lowest BCUT2D eigenvalue weighted by atomic mass is 10.1. The van der Waals surface area contributed by atoms with E-state index in [1.165, 1.54) is 5.56 Å². The molecule has 35 heavy (non-hydrogen) atoms. The summed E-state index contributed by atoms with van der Waals surface area (Å²) in [6, 6.07) is 14.2. The van der Waals surface area contributed by atoms with E-state index in [0.717, 1.165) is 73.6 Å². The first kappa shape index (κ1) is 23.5. The van der Waals surface area contributed by atoms with Gasteiger partial charge in [0, 0.05) is 49.4 Å². The molecule has 1 saturated heterocycles. The molecule has 1 aromatic heterocycles. The number of hydrogen-bond donors (Lipinski definition) is 1. The van der Waals surface area contributed by atoms with Crippen molar-refractivity contribution in [3.8, 4) is 11.5 Å². The molecule has 3 heterocycles. The summed E-state index contributed by atoms with van der Waals surface area (Å²) in [5.41, 5.74) is 4.05. The van der Waals surface area contributed by atoms with Gasteiger partial charge in [0.15, 0.2) is 0 Å². The molecule has 0 radical (unpaired) electrons. The van der Waals surface area contributed by atoms with Crippen LogP contribution in [0, 0.1) is 0 Å². The predicted molar refractivity (Wildman–Crippen MR) is 139 cm³/mol. The molecule has 8 nitrogen and oxygen atoms in total. The Morgan fingerprint density at radius 1 is 1.06 bits per heavy atom. The number of fused-ring (bicyclic) bond motifs is 1. The minimum atomic E-state index is 0.243. The average molecular weight is 496 g/mol. The first-order valence-corrected chi connectivity index (χ1v) is 12.2. The number of morpholine rings is 1. The molecule has 184 valence electrons. The van der Waals surface area contributed by atoms with E-state index < -0.39 is 0 Å². The minimum Gasteiger partial charge on any atom is -0.497 e. The van der Waals surface area contributed by atoms with Gasteiger partial charge in [-0.25, -0.2) is 4.98 Å². The first-order chi connectivity index (χ1) is 17.1. The second-order valence-corrected chi connectivity index (χ2v) is 9.17. The Balaban J connectivity index is 1.39. The van der Waals surface area contributed by atoms with Gasteiger partial charge in [-0.05, 0) is 29.8 Å². The van der Waals surface area contributed by atoms with Crippen LogP contribution in [-0.4, -0.2) is 57.0 Å². The van der Waals surface area contributed by atoms with E-state index in [1.807, 2.05) is 24.3 Å². The first-order valence-electron chi connectivity index (χ1n) is 11.8. The Bertz CT molecular complexity index is 1180. The van der Waals surface area contributed by atoms with E-state index in [9.17, 15) is 0 Å². The Hall–Kier alpha value is -3.23. The highest BCUT2D eigenvalue weighted by molar-refractivity contribution is 6.30. The van der Waals surface area contributed by atoms with Gasteiger partial charge < -0.3 is 29.3 Å². The van der Waals surface area contributed by atoms with Crippen molar-refractivity contribution in [2.24, 2.45) is 0 Å². The molecular weight excluding hydrogens is 466 g/mol. The van der Waals surface area contributed by atoms with Crippen molar-refractivity contribution in [3.05, 3.63) is 58.7 Å². The van der Waals surface area contributed by atoms with Crippen molar-refractivity contribution in [1.29, 1.82) is 0 Å². The van der Waals surface area contributed by atoms with Crippen molar-refractivity contribution in [3.63, 3.8) is 0 Å². The highest BCUT2D eigenvalue weighted by atomic mass is 35.5. The zero-order chi connectivity index (χ0) is 24.4. The van der Waals surface area contributed by atoms with Crippen LogP contribution >= 0.6 is 11.6 Å². The second kappa shape index (κ2) is 10.2. The normalized spacial score (nSPS) is 17.3. The minimum absolute atomic E-state index is 0.243. The van der Waals surface area contributed by atoms with Crippen LogP contribution in [0.4, 0.5) is 23.1 Å². The molecule has 0 amide bonds. The monoisotopic (exact) mass is 495 g/mol.